The Morgan fingerprint density at radius 1 is 1.20 bits per heavy atom. The first-order valence-electron chi connectivity index (χ1n) is 8.66. The average molecular weight is 340 g/mol. The second-order valence-corrected chi connectivity index (χ2v) is 6.53. The highest BCUT2D eigenvalue weighted by atomic mass is 16.2. The Morgan fingerprint density at radius 3 is 2.52 bits per heavy atom. The van der Waals surface area contributed by atoms with Gasteiger partial charge in [0.2, 0.25) is 5.91 Å². The molecule has 0 unspecified atom stereocenters. The van der Waals surface area contributed by atoms with E-state index in [1.807, 2.05) is 49.1 Å². The summed E-state index contributed by atoms with van der Waals surface area (Å²) in [4.78, 5) is 35.5. The van der Waals surface area contributed by atoms with Crippen molar-refractivity contribution in [1.82, 2.24) is 19.8 Å². The predicted octanol–water partition coefficient (Wildman–Crippen LogP) is 1.53. The van der Waals surface area contributed by atoms with E-state index < -0.39 is 0 Å². The van der Waals surface area contributed by atoms with Crippen molar-refractivity contribution in [1.29, 1.82) is 0 Å². The zero-order chi connectivity index (χ0) is 17.8. The zero-order valence-corrected chi connectivity index (χ0v) is 14.7. The lowest BCUT2D eigenvalue weighted by Crippen LogP contribution is -2.50. The van der Waals surface area contributed by atoms with Crippen LogP contribution in [-0.4, -0.2) is 51.9 Å². The normalized spacial score (nSPS) is 16.6. The summed E-state index contributed by atoms with van der Waals surface area (Å²) in [6.45, 7) is 6.82. The van der Waals surface area contributed by atoms with Crippen molar-refractivity contribution in [2.24, 2.45) is 0 Å². The van der Waals surface area contributed by atoms with Crippen LogP contribution in [0.1, 0.15) is 30.0 Å². The summed E-state index contributed by atoms with van der Waals surface area (Å²) in [5.74, 6) is 0.856. The number of carbonyl (C=O) groups is 1. The lowest BCUT2D eigenvalue weighted by atomic mass is 10.1. The molecule has 0 aliphatic carbocycles. The minimum Gasteiger partial charge on any atom is -0.340 e. The standard InChI is InChI=1S/C19H24N4O2/c1-14-12-17(24)21-19(20-14)15(2)22-8-10-23(11-9-22)18(25)13-16-6-4-3-5-7-16/h3-7,12,15H,8-11,13H2,1-2H3,(H,20,21,24)/t15-/m0/s1. The van der Waals surface area contributed by atoms with Crippen LogP contribution >= 0.6 is 0 Å². The summed E-state index contributed by atoms with van der Waals surface area (Å²) < 4.78 is 0. The second-order valence-electron chi connectivity index (χ2n) is 6.53. The van der Waals surface area contributed by atoms with Crippen LogP contribution in [0, 0.1) is 6.92 Å². The number of carbonyl (C=O) groups excluding carboxylic acids is 1. The lowest BCUT2D eigenvalue weighted by molar-refractivity contribution is -0.132. The van der Waals surface area contributed by atoms with E-state index in [1.165, 1.54) is 6.07 Å². The molecule has 1 aromatic heterocycles. The maximum atomic E-state index is 12.5. The molecule has 1 N–H and O–H groups in total. The van der Waals surface area contributed by atoms with Gasteiger partial charge in [-0.3, -0.25) is 14.5 Å². The van der Waals surface area contributed by atoms with Gasteiger partial charge in [0.15, 0.2) is 0 Å². The van der Waals surface area contributed by atoms with Gasteiger partial charge in [-0.2, -0.15) is 0 Å². The average Bonchev–Trinajstić information content (AvgIpc) is 2.61. The Hall–Kier alpha value is -2.47. The van der Waals surface area contributed by atoms with E-state index >= 15 is 0 Å². The molecular formula is C19H24N4O2. The molecule has 1 atom stereocenters. The Kier molecular flexibility index (Phi) is 5.28. The topological polar surface area (TPSA) is 69.3 Å². The van der Waals surface area contributed by atoms with E-state index in [-0.39, 0.29) is 17.5 Å². The van der Waals surface area contributed by atoms with Gasteiger partial charge in [-0.25, -0.2) is 4.98 Å². The van der Waals surface area contributed by atoms with Gasteiger partial charge in [0.05, 0.1) is 12.5 Å². The zero-order valence-electron chi connectivity index (χ0n) is 14.7. The van der Waals surface area contributed by atoms with Gasteiger partial charge in [-0.15, -0.1) is 0 Å². The molecule has 132 valence electrons. The summed E-state index contributed by atoms with van der Waals surface area (Å²) >= 11 is 0. The number of aromatic nitrogens is 2. The molecule has 3 rings (SSSR count). The highest BCUT2D eigenvalue weighted by Crippen LogP contribution is 2.18. The molecule has 6 heteroatoms. The van der Waals surface area contributed by atoms with E-state index in [4.69, 9.17) is 0 Å². The summed E-state index contributed by atoms with van der Waals surface area (Å²) in [5, 5.41) is 0. The minimum atomic E-state index is -0.119. The van der Waals surface area contributed by atoms with Crippen LogP contribution in [0.4, 0.5) is 0 Å². The molecule has 1 amide bonds. The van der Waals surface area contributed by atoms with Crippen LogP contribution in [0.5, 0.6) is 0 Å². The number of hydrogen-bond acceptors (Lipinski definition) is 4. The number of rotatable bonds is 4. The Balaban J connectivity index is 1.57. The van der Waals surface area contributed by atoms with Gasteiger partial charge in [-0.1, -0.05) is 30.3 Å². The predicted molar refractivity (Wildman–Crippen MR) is 96.3 cm³/mol. The monoisotopic (exact) mass is 340 g/mol. The van der Waals surface area contributed by atoms with Crippen molar-refractivity contribution in [2.75, 3.05) is 26.2 Å². The third-order valence-electron chi connectivity index (χ3n) is 4.70. The molecule has 1 saturated heterocycles. The van der Waals surface area contributed by atoms with Crippen molar-refractivity contribution in [2.45, 2.75) is 26.3 Å². The van der Waals surface area contributed by atoms with Gasteiger partial charge in [0, 0.05) is 37.9 Å². The minimum absolute atomic E-state index is 0.0268. The van der Waals surface area contributed by atoms with Crippen LogP contribution in [0.15, 0.2) is 41.2 Å². The van der Waals surface area contributed by atoms with Gasteiger partial charge in [0.25, 0.3) is 5.56 Å². The van der Waals surface area contributed by atoms with E-state index in [0.717, 1.165) is 24.3 Å². The molecule has 0 spiro atoms. The van der Waals surface area contributed by atoms with Crippen LogP contribution in [0.2, 0.25) is 0 Å². The number of piperazine rings is 1. The Labute approximate surface area is 147 Å². The van der Waals surface area contributed by atoms with Crippen LogP contribution in [0.3, 0.4) is 0 Å². The van der Waals surface area contributed by atoms with Crippen molar-refractivity contribution < 1.29 is 4.79 Å². The maximum Gasteiger partial charge on any atom is 0.251 e. The largest absolute Gasteiger partial charge is 0.340 e. The van der Waals surface area contributed by atoms with Gasteiger partial charge in [-0.05, 0) is 19.4 Å². The molecule has 1 aliphatic heterocycles. The number of amides is 1. The van der Waals surface area contributed by atoms with Crippen LogP contribution in [0.25, 0.3) is 0 Å². The third-order valence-corrected chi connectivity index (χ3v) is 4.70. The quantitative estimate of drug-likeness (QED) is 0.916. The Bertz CT molecular complexity index is 780. The molecule has 1 aromatic carbocycles. The fraction of sp³-hybridized carbons (Fsp3) is 0.421. The number of hydrogen-bond donors (Lipinski definition) is 1. The van der Waals surface area contributed by atoms with Gasteiger partial charge in [0.1, 0.15) is 5.82 Å². The van der Waals surface area contributed by atoms with Crippen LogP contribution in [-0.2, 0) is 11.2 Å². The molecule has 0 saturated carbocycles. The maximum absolute atomic E-state index is 12.5. The SMILES string of the molecule is Cc1cc(=O)[nH]c([C@H](C)N2CCN(C(=O)Cc3ccccc3)CC2)n1. The number of nitrogens with zero attached hydrogens (tertiary/aromatic N) is 3. The molecule has 0 radical (unpaired) electrons. The van der Waals surface area contributed by atoms with Crippen molar-refractivity contribution in [3.05, 3.63) is 63.8 Å². The number of aryl methyl sites for hydroxylation is 1. The molecule has 1 fully saturated rings. The molecule has 0 bridgehead atoms. The van der Waals surface area contributed by atoms with E-state index in [9.17, 15) is 9.59 Å². The first kappa shape index (κ1) is 17.4. The second kappa shape index (κ2) is 7.61. The first-order chi connectivity index (χ1) is 12.0. The summed E-state index contributed by atoms with van der Waals surface area (Å²) in [6.07, 6.45) is 0.448. The first-order valence-corrected chi connectivity index (χ1v) is 8.66. The molecule has 6 nitrogen and oxygen atoms in total. The highest BCUT2D eigenvalue weighted by Gasteiger charge is 2.25. The molecule has 25 heavy (non-hydrogen) atoms. The Morgan fingerprint density at radius 2 is 1.88 bits per heavy atom. The van der Waals surface area contributed by atoms with E-state index in [2.05, 4.69) is 14.9 Å². The van der Waals surface area contributed by atoms with Crippen molar-refractivity contribution in [3.8, 4) is 0 Å². The molecule has 1 aliphatic rings. The van der Waals surface area contributed by atoms with E-state index in [1.54, 1.807) is 0 Å². The number of benzene rings is 1. The molecule has 2 heterocycles. The van der Waals surface area contributed by atoms with Gasteiger partial charge >= 0.3 is 0 Å². The van der Waals surface area contributed by atoms with Gasteiger partial charge < -0.3 is 9.88 Å². The highest BCUT2D eigenvalue weighted by molar-refractivity contribution is 5.78. The molecule has 2 aromatic rings. The number of aromatic amines is 1. The van der Waals surface area contributed by atoms with E-state index in [0.29, 0.717) is 25.3 Å². The summed E-state index contributed by atoms with van der Waals surface area (Å²) in [7, 11) is 0. The third kappa shape index (κ3) is 4.33. The fourth-order valence-electron chi connectivity index (χ4n) is 3.21. The van der Waals surface area contributed by atoms with Crippen molar-refractivity contribution >= 4 is 5.91 Å². The van der Waals surface area contributed by atoms with Crippen LogP contribution < -0.4 is 5.56 Å². The fourth-order valence-corrected chi connectivity index (χ4v) is 3.21. The lowest BCUT2D eigenvalue weighted by Gasteiger charge is -2.37. The number of nitrogens with one attached hydrogen (secondary N) is 1. The van der Waals surface area contributed by atoms with Crippen molar-refractivity contribution in [3.63, 3.8) is 0 Å². The summed E-state index contributed by atoms with van der Waals surface area (Å²) in [5.41, 5.74) is 1.65. The number of H-pyrrole nitrogens is 1. The summed E-state index contributed by atoms with van der Waals surface area (Å²) in [6, 6.07) is 11.4. The smallest absolute Gasteiger partial charge is 0.251 e. The molecular weight excluding hydrogens is 316 g/mol.